The van der Waals surface area contributed by atoms with E-state index in [1.54, 1.807) is 0 Å². The minimum atomic E-state index is 0.639. The summed E-state index contributed by atoms with van der Waals surface area (Å²) in [5.74, 6) is 0.753. The van der Waals surface area contributed by atoms with Crippen LogP contribution in [-0.2, 0) is 6.54 Å². The van der Waals surface area contributed by atoms with E-state index in [2.05, 4.69) is 64.3 Å². The summed E-state index contributed by atoms with van der Waals surface area (Å²) in [5, 5.41) is 3.71. The molecule has 0 saturated carbocycles. The van der Waals surface area contributed by atoms with Crippen LogP contribution in [0.4, 0.5) is 0 Å². The standard InChI is InChI=1S/C16H25BrN2/c1-3-13(2)16-12-19(9-5-8-18-16)11-14-6-4-7-15(17)10-14/h4,6-7,10,13,16,18H,3,5,8-9,11-12H2,1-2H3. The largest absolute Gasteiger partial charge is 0.312 e. The zero-order chi connectivity index (χ0) is 13.7. The molecule has 1 saturated heterocycles. The van der Waals surface area contributed by atoms with Crippen molar-refractivity contribution in [3.05, 3.63) is 34.3 Å². The van der Waals surface area contributed by atoms with Gasteiger partial charge in [-0.25, -0.2) is 0 Å². The smallest absolute Gasteiger partial charge is 0.0234 e. The first kappa shape index (κ1) is 15.0. The highest BCUT2D eigenvalue weighted by Crippen LogP contribution is 2.17. The molecular formula is C16H25BrN2. The molecule has 0 aliphatic carbocycles. The molecule has 3 heteroatoms. The van der Waals surface area contributed by atoms with Gasteiger partial charge in [0.2, 0.25) is 0 Å². The van der Waals surface area contributed by atoms with E-state index in [1.165, 1.54) is 36.0 Å². The van der Waals surface area contributed by atoms with Crippen LogP contribution in [0.1, 0.15) is 32.3 Å². The monoisotopic (exact) mass is 324 g/mol. The highest BCUT2D eigenvalue weighted by molar-refractivity contribution is 9.10. The Balaban J connectivity index is 1.98. The fourth-order valence-electron chi connectivity index (χ4n) is 2.73. The van der Waals surface area contributed by atoms with Gasteiger partial charge in [-0.1, -0.05) is 48.3 Å². The summed E-state index contributed by atoms with van der Waals surface area (Å²) in [4.78, 5) is 2.60. The molecule has 1 N–H and O–H groups in total. The second-order valence-electron chi connectivity index (χ2n) is 5.66. The Morgan fingerprint density at radius 3 is 3.05 bits per heavy atom. The van der Waals surface area contributed by atoms with Crippen molar-refractivity contribution in [2.75, 3.05) is 19.6 Å². The number of hydrogen-bond donors (Lipinski definition) is 1. The van der Waals surface area contributed by atoms with Gasteiger partial charge in [-0.05, 0) is 43.1 Å². The van der Waals surface area contributed by atoms with Crippen LogP contribution in [0.5, 0.6) is 0 Å². The first-order valence-electron chi connectivity index (χ1n) is 7.39. The van der Waals surface area contributed by atoms with Crippen LogP contribution in [0, 0.1) is 5.92 Å². The third-order valence-corrected chi connectivity index (χ3v) is 4.63. The first-order valence-corrected chi connectivity index (χ1v) is 8.18. The fourth-order valence-corrected chi connectivity index (χ4v) is 3.17. The van der Waals surface area contributed by atoms with Crippen molar-refractivity contribution in [2.24, 2.45) is 5.92 Å². The Hall–Kier alpha value is -0.380. The molecule has 0 spiro atoms. The molecule has 1 fully saturated rings. The molecule has 1 aromatic carbocycles. The Kier molecular flexibility index (Phi) is 5.86. The van der Waals surface area contributed by atoms with E-state index in [0.717, 1.165) is 19.0 Å². The third-order valence-electron chi connectivity index (χ3n) is 4.14. The number of benzene rings is 1. The lowest BCUT2D eigenvalue weighted by Crippen LogP contribution is -2.41. The molecule has 2 unspecified atom stereocenters. The zero-order valence-corrected chi connectivity index (χ0v) is 13.6. The van der Waals surface area contributed by atoms with Gasteiger partial charge in [-0.2, -0.15) is 0 Å². The van der Waals surface area contributed by atoms with E-state index < -0.39 is 0 Å². The van der Waals surface area contributed by atoms with Crippen molar-refractivity contribution < 1.29 is 0 Å². The van der Waals surface area contributed by atoms with Crippen LogP contribution in [0.25, 0.3) is 0 Å². The first-order chi connectivity index (χ1) is 9.19. The van der Waals surface area contributed by atoms with E-state index >= 15 is 0 Å². The Labute approximate surface area is 125 Å². The quantitative estimate of drug-likeness (QED) is 0.909. The molecular weight excluding hydrogens is 300 g/mol. The lowest BCUT2D eigenvalue weighted by molar-refractivity contribution is 0.231. The SMILES string of the molecule is CCC(C)C1CN(Cc2cccc(Br)c2)CCCN1. The fraction of sp³-hybridized carbons (Fsp3) is 0.625. The van der Waals surface area contributed by atoms with Crippen molar-refractivity contribution in [1.29, 1.82) is 0 Å². The molecule has 1 aromatic rings. The van der Waals surface area contributed by atoms with Gasteiger partial charge in [-0.15, -0.1) is 0 Å². The second kappa shape index (κ2) is 7.41. The molecule has 0 amide bonds. The van der Waals surface area contributed by atoms with Crippen molar-refractivity contribution >= 4 is 15.9 Å². The number of halogens is 1. The normalized spacial score (nSPS) is 23.0. The Morgan fingerprint density at radius 1 is 1.47 bits per heavy atom. The summed E-state index contributed by atoms with van der Waals surface area (Å²) in [6.07, 6.45) is 2.50. The summed E-state index contributed by atoms with van der Waals surface area (Å²) in [6, 6.07) is 9.31. The molecule has 1 aliphatic rings. The average Bonchev–Trinajstić information content (AvgIpc) is 2.63. The van der Waals surface area contributed by atoms with Gasteiger partial charge in [-0.3, -0.25) is 4.90 Å². The molecule has 1 heterocycles. The molecule has 106 valence electrons. The molecule has 0 aromatic heterocycles. The van der Waals surface area contributed by atoms with Gasteiger partial charge in [0, 0.05) is 23.6 Å². The minimum absolute atomic E-state index is 0.639. The molecule has 0 radical (unpaired) electrons. The van der Waals surface area contributed by atoms with Crippen LogP contribution >= 0.6 is 15.9 Å². The number of hydrogen-bond acceptors (Lipinski definition) is 2. The van der Waals surface area contributed by atoms with Gasteiger partial charge >= 0.3 is 0 Å². The molecule has 19 heavy (non-hydrogen) atoms. The summed E-state index contributed by atoms with van der Waals surface area (Å²) >= 11 is 3.56. The van der Waals surface area contributed by atoms with E-state index in [-0.39, 0.29) is 0 Å². The summed E-state index contributed by atoms with van der Waals surface area (Å²) in [6.45, 7) is 9.24. The van der Waals surface area contributed by atoms with E-state index in [4.69, 9.17) is 0 Å². The van der Waals surface area contributed by atoms with Gasteiger partial charge in [0.05, 0.1) is 0 Å². The molecule has 2 rings (SSSR count). The van der Waals surface area contributed by atoms with Crippen LogP contribution in [-0.4, -0.2) is 30.6 Å². The van der Waals surface area contributed by atoms with Crippen LogP contribution in [0.15, 0.2) is 28.7 Å². The van der Waals surface area contributed by atoms with E-state index in [9.17, 15) is 0 Å². The van der Waals surface area contributed by atoms with E-state index in [0.29, 0.717) is 6.04 Å². The summed E-state index contributed by atoms with van der Waals surface area (Å²) in [7, 11) is 0. The number of nitrogens with one attached hydrogen (secondary N) is 1. The summed E-state index contributed by atoms with van der Waals surface area (Å²) in [5.41, 5.74) is 1.40. The maximum absolute atomic E-state index is 3.71. The minimum Gasteiger partial charge on any atom is -0.312 e. The number of nitrogens with zero attached hydrogens (tertiary/aromatic N) is 1. The Morgan fingerprint density at radius 2 is 2.32 bits per heavy atom. The predicted molar refractivity (Wildman–Crippen MR) is 85.3 cm³/mol. The van der Waals surface area contributed by atoms with Gasteiger partial charge in [0.25, 0.3) is 0 Å². The zero-order valence-electron chi connectivity index (χ0n) is 12.0. The predicted octanol–water partition coefficient (Wildman–Crippen LogP) is 3.66. The maximum atomic E-state index is 3.71. The lowest BCUT2D eigenvalue weighted by Gasteiger charge is -2.28. The average molecular weight is 325 g/mol. The van der Waals surface area contributed by atoms with Crippen molar-refractivity contribution in [3.63, 3.8) is 0 Å². The third kappa shape index (κ3) is 4.59. The van der Waals surface area contributed by atoms with Gasteiger partial charge in [0.1, 0.15) is 0 Å². The van der Waals surface area contributed by atoms with Crippen LogP contribution in [0.2, 0.25) is 0 Å². The van der Waals surface area contributed by atoms with Crippen molar-refractivity contribution in [2.45, 2.75) is 39.3 Å². The van der Waals surface area contributed by atoms with Gasteiger partial charge < -0.3 is 5.32 Å². The molecule has 2 nitrogen and oxygen atoms in total. The molecule has 0 bridgehead atoms. The molecule has 1 aliphatic heterocycles. The van der Waals surface area contributed by atoms with Crippen molar-refractivity contribution in [1.82, 2.24) is 10.2 Å². The maximum Gasteiger partial charge on any atom is 0.0234 e. The second-order valence-corrected chi connectivity index (χ2v) is 6.58. The topological polar surface area (TPSA) is 15.3 Å². The highest BCUT2D eigenvalue weighted by atomic mass is 79.9. The van der Waals surface area contributed by atoms with Crippen molar-refractivity contribution in [3.8, 4) is 0 Å². The van der Waals surface area contributed by atoms with Crippen LogP contribution in [0.3, 0.4) is 0 Å². The number of rotatable bonds is 4. The summed E-state index contributed by atoms with van der Waals surface area (Å²) < 4.78 is 1.18. The molecule has 2 atom stereocenters. The highest BCUT2D eigenvalue weighted by Gasteiger charge is 2.21. The Bertz CT molecular complexity index is 394. The lowest BCUT2D eigenvalue weighted by atomic mass is 9.99. The van der Waals surface area contributed by atoms with E-state index in [1.807, 2.05) is 0 Å². The van der Waals surface area contributed by atoms with Gasteiger partial charge in [0.15, 0.2) is 0 Å². The van der Waals surface area contributed by atoms with Crippen LogP contribution < -0.4 is 5.32 Å².